The average Bonchev–Trinajstić information content (AvgIpc) is 3.38. The fourth-order valence-corrected chi connectivity index (χ4v) is 3.47. The molecule has 2 heterocycles. The van der Waals surface area contributed by atoms with E-state index >= 15 is 0 Å². The number of amides is 1. The Morgan fingerprint density at radius 1 is 1.21 bits per heavy atom. The number of halogens is 3. The quantitative estimate of drug-likeness (QED) is 0.594. The van der Waals surface area contributed by atoms with Crippen molar-refractivity contribution < 1.29 is 14.3 Å². The van der Waals surface area contributed by atoms with Gasteiger partial charge in [-0.15, -0.1) is 0 Å². The maximum Gasteiger partial charge on any atom is 0.329 e. The normalized spacial score (nSPS) is 13.0. The number of hydrogen-bond donors (Lipinski definition) is 0. The van der Waals surface area contributed by atoms with E-state index in [0.29, 0.717) is 33.9 Å². The van der Waals surface area contributed by atoms with Gasteiger partial charge in [0, 0.05) is 37.2 Å². The van der Waals surface area contributed by atoms with Gasteiger partial charge in [-0.25, -0.2) is 9.78 Å². The predicted molar refractivity (Wildman–Crippen MR) is 112 cm³/mol. The Balaban J connectivity index is 0.000000485. The van der Waals surface area contributed by atoms with Crippen molar-refractivity contribution in [3.63, 3.8) is 0 Å². The monoisotopic (exact) mass is 447 g/mol. The van der Waals surface area contributed by atoms with E-state index in [9.17, 15) is 4.79 Å². The second-order valence-corrected chi connectivity index (χ2v) is 7.36. The van der Waals surface area contributed by atoms with E-state index in [2.05, 4.69) is 4.98 Å². The first kappa shape index (κ1) is 22.8. The molecular formula is C19H24Cl3N3O3. The van der Waals surface area contributed by atoms with Gasteiger partial charge in [0.25, 0.3) is 0 Å². The molecule has 6 nitrogen and oxygen atoms in total. The molecule has 0 atom stereocenters. The Bertz CT molecular complexity index is 707. The summed E-state index contributed by atoms with van der Waals surface area (Å²) in [6.45, 7) is 5.28. The fraction of sp³-hybridized carbons (Fsp3) is 0.474. The highest BCUT2D eigenvalue weighted by Crippen LogP contribution is 2.35. The third-order valence-electron chi connectivity index (χ3n) is 3.89. The van der Waals surface area contributed by atoms with Crippen LogP contribution in [0.4, 0.5) is 4.79 Å². The third-order valence-corrected chi connectivity index (χ3v) is 4.67. The molecule has 1 amide bonds. The Morgan fingerprint density at radius 2 is 1.89 bits per heavy atom. The van der Waals surface area contributed by atoms with Gasteiger partial charge < -0.3 is 14.4 Å². The number of carbonyl (C=O) groups excluding carboxylic acids is 1. The van der Waals surface area contributed by atoms with Gasteiger partial charge in [-0.3, -0.25) is 4.57 Å². The van der Waals surface area contributed by atoms with Crippen LogP contribution in [-0.2, 0) is 4.74 Å². The van der Waals surface area contributed by atoms with E-state index < -0.39 is 0 Å². The molecule has 9 heteroatoms. The van der Waals surface area contributed by atoms with Gasteiger partial charge in [0.05, 0.1) is 16.6 Å². The minimum Gasteiger partial charge on any atom is -0.489 e. The number of carbonyl (C=O) groups is 1. The van der Waals surface area contributed by atoms with Crippen LogP contribution in [0.15, 0.2) is 30.9 Å². The number of aromatic nitrogens is 2. The highest BCUT2D eigenvalue weighted by atomic mass is 35.5. The summed E-state index contributed by atoms with van der Waals surface area (Å²) < 4.78 is 12.0. The van der Waals surface area contributed by atoms with E-state index in [0.717, 1.165) is 19.6 Å². The lowest BCUT2D eigenvalue weighted by Crippen LogP contribution is -2.37. The zero-order valence-corrected chi connectivity index (χ0v) is 18.0. The first-order valence-electron chi connectivity index (χ1n) is 9.15. The fourth-order valence-electron chi connectivity index (χ4n) is 2.54. The number of rotatable bonds is 6. The van der Waals surface area contributed by atoms with Crippen LogP contribution in [-0.4, -0.2) is 53.4 Å². The summed E-state index contributed by atoms with van der Waals surface area (Å²) >= 11 is 18.0. The van der Waals surface area contributed by atoms with E-state index in [1.807, 2.05) is 6.92 Å². The van der Waals surface area contributed by atoms with E-state index in [-0.39, 0.29) is 12.6 Å². The first-order chi connectivity index (χ1) is 13.5. The highest BCUT2D eigenvalue weighted by molar-refractivity contribution is 6.40. The van der Waals surface area contributed by atoms with Crippen LogP contribution in [0.3, 0.4) is 0 Å². The molecule has 0 saturated carbocycles. The zero-order chi connectivity index (χ0) is 20.4. The number of nitrogens with zero attached hydrogens (tertiary/aromatic N) is 3. The summed E-state index contributed by atoms with van der Waals surface area (Å²) in [4.78, 5) is 17.9. The molecule has 1 fully saturated rings. The third kappa shape index (κ3) is 7.17. The molecule has 1 aliphatic rings. The van der Waals surface area contributed by atoms with Crippen molar-refractivity contribution in [2.45, 2.75) is 26.2 Å². The molecule has 0 radical (unpaired) electrons. The van der Waals surface area contributed by atoms with Gasteiger partial charge >= 0.3 is 6.03 Å². The second-order valence-electron chi connectivity index (χ2n) is 6.11. The smallest absolute Gasteiger partial charge is 0.329 e. The largest absolute Gasteiger partial charge is 0.489 e. The Morgan fingerprint density at radius 3 is 2.39 bits per heavy atom. The summed E-state index contributed by atoms with van der Waals surface area (Å²) in [6.07, 6.45) is 8.03. The van der Waals surface area contributed by atoms with Crippen LogP contribution >= 0.6 is 34.8 Å². The maximum atomic E-state index is 12.3. The van der Waals surface area contributed by atoms with Gasteiger partial charge in [0.15, 0.2) is 5.75 Å². The number of imidazole rings is 1. The number of benzene rings is 1. The molecule has 1 saturated heterocycles. The molecule has 0 spiro atoms. The summed E-state index contributed by atoms with van der Waals surface area (Å²) in [5, 5.41) is 1.12. The van der Waals surface area contributed by atoms with Crippen molar-refractivity contribution in [3.8, 4) is 5.75 Å². The zero-order valence-electron chi connectivity index (χ0n) is 15.7. The molecular weight excluding hydrogens is 425 g/mol. The molecule has 28 heavy (non-hydrogen) atoms. The van der Waals surface area contributed by atoms with Crippen LogP contribution < -0.4 is 4.74 Å². The predicted octanol–water partition coefficient (Wildman–Crippen LogP) is 5.40. The summed E-state index contributed by atoms with van der Waals surface area (Å²) in [5.74, 6) is 0.365. The molecule has 1 aromatic carbocycles. The van der Waals surface area contributed by atoms with Gasteiger partial charge in [-0.05, 0) is 31.4 Å². The average molecular weight is 449 g/mol. The van der Waals surface area contributed by atoms with Crippen LogP contribution in [0.1, 0.15) is 26.2 Å². The van der Waals surface area contributed by atoms with Crippen LogP contribution in [0.2, 0.25) is 15.1 Å². The molecule has 0 N–H and O–H groups in total. The summed E-state index contributed by atoms with van der Waals surface area (Å²) in [6, 6.07) is 2.97. The van der Waals surface area contributed by atoms with Crippen molar-refractivity contribution in [1.29, 1.82) is 0 Å². The summed E-state index contributed by atoms with van der Waals surface area (Å²) in [7, 11) is 0. The van der Waals surface area contributed by atoms with Gasteiger partial charge in [-0.2, -0.15) is 0 Å². The molecule has 3 rings (SSSR count). The Labute approximate surface area is 180 Å². The molecule has 0 aliphatic carbocycles. The Hall–Kier alpha value is -1.47. The van der Waals surface area contributed by atoms with Gasteiger partial charge in [0.1, 0.15) is 12.9 Å². The van der Waals surface area contributed by atoms with E-state index in [1.165, 1.54) is 23.7 Å². The van der Waals surface area contributed by atoms with Crippen LogP contribution in [0.25, 0.3) is 0 Å². The standard InChI is InChI=1S/C15H16Cl3N3O2.C4H8O/c1-2-4-20(15(22)21-5-3-19-10-21)6-7-23-14-12(17)8-11(16)9-13(14)18;1-2-4-5-3-1/h3,5,8-10H,2,4,6-7H2,1H3;1-4H2. The summed E-state index contributed by atoms with van der Waals surface area (Å²) in [5.41, 5.74) is 0. The van der Waals surface area contributed by atoms with Crippen molar-refractivity contribution in [2.24, 2.45) is 0 Å². The van der Waals surface area contributed by atoms with Gasteiger partial charge in [0.2, 0.25) is 0 Å². The topological polar surface area (TPSA) is 56.6 Å². The lowest BCUT2D eigenvalue weighted by molar-refractivity contribution is 0.184. The van der Waals surface area contributed by atoms with Crippen molar-refractivity contribution >= 4 is 40.8 Å². The minimum absolute atomic E-state index is 0.152. The number of ether oxygens (including phenoxy) is 2. The number of hydrogen-bond acceptors (Lipinski definition) is 4. The lowest BCUT2D eigenvalue weighted by Gasteiger charge is -2.22. The highest BCUT2D eigenvalue weighted by Gasteiger charge is 2.15. The molecule has 0 unspecified atom stereocenters. The second kappa shape index (κ2) is 12.2. The minimum atomic E-state index is -0.152. The maximum absolute atomic E-state index is 12.3. The molecule has 154 valence electrons. The SMILES string of the molecule is C1CCOC1.CCCN(CCOc1c(Cl)cc(Cl)cc1Cl)C(=O)n1ccnc1. The van der Waals surface area contributed by atoms with Crippen LogP contribution in [0.5, 0.6) is 5.75 Å². The first-order valence-corrected chi connectivity index (χ1v) is 10.3. The van der Waals surface area contributed by atoms with E-state index in [1.54, 1.807) is 29.4 Å². The lowest BCUT2D eigenvalue weighted by atomic mass is 10.3. The molecule has 2 aromatic rings. The molecule has 1 aliphatic heterocycles. The molecule has 0 bridgehead atoms. The van der Waals surface area contributed by atoms with Crippen molar-refractivity contribution in [3.05, 3.63) is 45.9 Å². The molecule has 1 aromatic heterocycles. The van der Waals surface area contributed by atoms with Crippen molar-refractivity contribution in [1.82, 2.24) is 14.5 Å². The van der Waals surface area contributed by atoms with Crippen molar-refractivity contribution in [2.75, 3.05) is 32.9 Å². The van der Waals surface area contributed by atoms with E-state index in [4.69, 9.17) is 44.3 Å². The van der Waals surface area contributed by atoms with Gasteiger partial charge in [-0.1, -0.05) is 41.7 Å². The Kier molecular flexibility index (Phi) is 9.92. The van der Waals surface area contributed by atoms with Crippen LogP contribution in [0, 0.1) is 0 Å².